The highest BCUT2D eigenvalue weighted by Gasteiger charge is 2.21. The predicted molar refractivity (Wildman–Crippen MR) is 92.0 cm³/mol. The summed E-state index contributed by atoms with van der Waals surface area (Å²) in [4.78, 5) is 25.0. The van der Waals surface area contributed by atoms with E-state index in [1.165, 1.54) is 0 Å². The molecular weight excluding hydrogens is 318 g/mol. The summed E-state index contributed by atoms with van der Waals surface area (Å²) in [6.45, 7) is 3.19. The number of carbonyl (C=O) groups is 2. The molecule has 1 atom stereocenters. The van der Waals surface area contributed by atoms with Gasteiger partial charge < -0.3 is 20.7 Å². The molecule has 0 aromatic heterocycles. The predicted octanol–water partition coefficient (Wildman–Crippen LogP) is 1.47. The van der Waals surface area contributed by atoms with Gasteiger partial charge in [-0.05, 0) is 44.0 Å². The number of halogens is 1. The summed E-state index contributed by atoms with van der Waals surface area (Å²) in [5, 5.41) is 2.75. The first kappa shape index (κ1) is 19.3. The minimum absolute atomic E-state index is 0. The maximum absolute atomic E-state index is 11.7. The van der Waals surface area contributed by atoms with E-state index in [4.69, 9.17) is 10.5 Å². The molecule has 7 heteroatoms. The van der Waals surface area contributed by atoms with E-state index >= 15 is 0 Å². The van der Waals surface area contributed by atoms with Gasteiger partial charge in [0.1, 0.15) is 5.75 Å². The average Bonchev–Trinajstić information content (AvgIpc) is 2.91. The summed E-state index contributed by atoms with van der Waals surface area (Å²) in [5.74, 6) is 0.597. The Morgan fingerprint density at radius 1 is 1.39 bits per heavy atom. The van der Waals surface area contributed by atoms with Crippen molar-refractivity contribution in [2.45, 2.75) is 32.2 Å². The SMILES string of the molecule is CC(N)CCNC(=O)COc1ccc(N2CCCC2=O)cc1.Cl. The van der Waals surface area contributed by atoms with E-state index in [0.29, 0.717) is 18.7 Å². The van der Waals surface area contributed by atoms with Gasteiger partial charge in [-0.3, -0.25) is 9.59 Å². The Morgan fingerprint density at radius 2 is 2.09 bits per heavy atom. The molecule has 1 saturated heterocycles. The molecular formula is C16H24ClN3O3. The summed E-state index contributed by atoms with van der Waals surface area (Å²) < 4.78 is 5.42. The fourth-order valence-corrected chi connectivity index (χ4v) is 2.28. The van der Waals surface area contributed by atoms with Gasteiger partial charge in [-0.25, -0.2) is 0 Å². The van der Waals surface area contributed by atoms with Crippen LogP contribution in [-0.2, 0) is 9.59 Å². The number of amides is 2. The Labute approximate surface area is 142 Å². The standard InChI is InChI=1S/C16H23N3O3.ClH/c1-12(17)8-9-18-15(20)11-22-14-6-4-13(5-7-14)19-10-2-3-16(19)21;/h4-7,12H,2-3,8-11,17H2,1H3,(H,18,20);1H. The Kier molecular flexibility index (Phi) is 7.85. The van der Waals surface area contributed by atoms with Gasteiger partial charge in [0.25, 0.3) is 5.91 Å². The van der Waals surface area contributed by atoms with E-state index in [-0.39, 0.29) is 36.9 Å². The summed E-state index contributed by atoms with van der Waals surface area (Å²) in [6, 6.07) is 7.30. The number of rotatable bonds is 7. The lowest BCUT2D eigenvalue weighted by Crippen LogP contribution is -2.32. The molecule has 1 heterocycles. The van der Waals surface area contributed by atoms with Crippen molar-refractivity contribution in [1.82, 2.24) is 5.32 Å². The highest BCUT2D eigenvalue weighted by atomic mass is 35.5. The van der Waals surface area contributed by atoms with Gasteiger partial charge >= 0.3 is 0 Å². The van der Waals surface area contributed by atoms with Gasteiger partial charge in [0, 0.05) is 31.2 Å². The zero-order valence-electron chi connectivity index (χ0n) is 13.3. The van der Waals surface area contributed by atoms with Crippen LogP contribution in [0.2, 0.25) is 0 Å². The first-order valence-corrected chi connectivity index (χ1v) is 7.62. The molecule has 0 spiro atoms. The number of nitrogens with one attached hydrogen (secondary N) is 1. The summed E-state index contributed by atoms with van der Waals surface area (Å²) in [6.07, 6.45) is 2.25. The van der Waals surface area contributed by atoms with E-state index in [9.17, 15) is 9.59 Å². The van der Waals surface area contributed by atoms with Crippen LogP contribution in [0.4, 0.5) is 5.69 Å². The summed E-state index contributed by atoms with van der Waals surface area (Å²) in [7, 11) is 0. The van der Waals surface area contributed by atoms with E-state index in [1.807, 2.05) is 19.1 Å². The van der Waals surface area contributed by atoms with Gasteiger partial charge in [-0.1, -0.05) is 0 Å². The molecule has 1 unspecified atom stereocenters. The van der Waals surface area contributed by atoms with E-state index in [1.54, 1.807) is 17.0 Å². The van der Waals surface area contributed by atoms with Crippen molar-refractivity contribution >= 4 is 29.9 Å². The zero-order chi connectivity index (χ0) is 15.9. The molecule has 0 aliphatic carbocycles. The number of hydrogen-bond donors (Lipinski definition) is 2. The van der Waals surface area contributed by atoms with Crippen molar-refractivity contribution in [3.8, 4) is 5.75 Å². The van der Waals surface area contributed by atoms with Crippen LogP contribution in [0.25, 0.3) is 0 Å². The quantitative estimate of drug-likeness (QED) is 0.786. The number of hydrogen-bond acceptors (Lipinski definition) is 4. The third-order valence-corrected chi connectivity index (χ3v) is 3.51. The highest BCUT2D eigenvalue weighted by Crippen LogP contribution is 2.23. The number of nitrogens with two attached hydrogens (primary N) is 1. The average molecular weight is 342 g/mol. The van der Waals surface area contributed by atoms with Crippen molar-refractivity contribution in [3.05, 3.63) is 24.3 Å². The molecule has 6 nitrogen and oxygen atoms in total. The second-order valence-corrected chi connectivity index (χ2v) is 5.55. The summed E-state index contributed by atoms with van der Waals surface area (Å²) in [5.41, 5.74) is 6.48. The molecule has 2 amide bonds. The Hall–Kier alpha value is -1.79. The first-order chi connectivity index (χ1) is 10.6. The molecule has 1 aliphatic heterocycles. The molecule has 1 aliphatic rings. The van der Waals surface area contributed by atoms with Crippen molar-refractivity contribution < 1.29 is 14.3 Å². The monoisotopic (exact) mass is 341 g/mol. The van der Waals surface area contributed by atoms with E-state index in [0.717, 1.165) is 25.1 Å². The van der Waals surface area contributed by atoms with Crippen LogP contribution in [0.5, 0.6) is 5.75 Å². The molecule has 0 bridgehead atoms. The van der Waals surface area contributed by atoms with Gasteiger partial charge in [0.15, 0.2) is 6.61 Å². The molecule has 2 rings (SSSR count). The van der Waals surface area contributed by atoms with Crippen LogP contribution in [0, 0.1) is 0 Å². The van der Waals surface area contributed by atoms with Gasteiger partial charge in [0.2, 0.25) is 5.91 Å². The number of carbonyl (C=O) groups excluding carboxylic acids is 2. The maximum atomic E-state index is 11.7. The van der Waals surface area contributed by atoms with E-state index in [2.05, 4.69) is 5.32 Å². The van der Waals surface area contributed by atoms with Gasteiger partial charge in [-0.2, -0.15) is 0 Å². The minimum atomic E-state index is -0.167. The van der Waals surface area contributed by atoms with Gasteiger partial charge in [-0.15, -0.1) is 12.4 Å². The molecule has 3 N–H and O–H groups in total. The van der Waals surface area contributed by atoms with Crippen LogP contribution >= 0.6 is 12.4 Å². The topological polar surface area (TPSA) is 84.7 Å². The van der Waals surface area contributed by atoms with Crippen LogP contribution < -0.4 is 20.7 Å². The lowest BCUT2D eigenvalue weighted by Gasteiger charge is -2.16. The van der Waals surface area contributed by atoms with E-state index < -0.39 is 0 Å². The molecule has 1 aromatic rings. The molecule has 128 valence electrons. The Balaban J connectivity index is 0.00000264. The highest BCUT2D eigenvalue weighted by molar-refractivity contribution is 5.95. The second-order valence-electron chi connectivity index (χ2n) is 5.55. The fourth-order valence-electron chi connectivity index (χ4n) is 2.28. The Bertz CT molecular complexity index is 520. The molecule has 1 fully saturated rings. The van der Waals surface area contributed by atoms with Gasteiger partial charge in [0.05, 0.1) is 0 Å². The van der Waals surface area contributed by atoms with Crippen molar-refractivity contribution in [1.29, 1.82) is 0 Å². The molecule has 23 heavy (non-hydrogen) atoms. The number of ether oxygens (including phenoxy) is 1. The third-order valence-electron chi connectivity index (χ3n) is 3.51. The van der Waals surface area contributed by atoms with Crippen molar-refractivity contribution in [3.63, 3.8) is 0 Å². The van der Waals surface area contributed by atoms with Crippen LogP contribution in [0.1, 0.15) is 26.2 Å². The van der Waals surface area contributed by atoms with Crippen LogP contribution in [0.3, 0.4) is 0 Å². The lowest BCUT2D eigenvalue weighted by atomic mass is 10.2. The van der Waals surface area contributed by atoms with Crippen LogP contribution in [-0.4, -0.2) is 37.6 Å². The largest absolute Gasteiger partial charge is 0.484 e. The Morgan fingerprint density at radius 3 is 2.65 bits per heavy atom. The number of benzene rings is 1. The smallest absolute Gasteiger partial charge is 0.257 e. The van der Waals surface area contributed by atoms with Crippen molar-refractivity contribution in [2.24, 2.45) is 5.73 Å². The minimum Gasteiger partial charge on any atom is -0.484 e. The maximum Gasteiger partial charge on any atom is 0.257 e. The first-order valence-electron chi connectivity index (χ1n) is 7.62. The third kappa shape index (κ3) is 6.08. The van der Waals surface area contributed by atoms with Crippen molar-refractivity contribution in [2.75, 3.05) is 24.6 Å². The molecule has 0 radical (unpaired) electrons. The molecule has 0 saturated carbocycles. The second kappa shape index (κ2) is 9.37. The molecule has 1 aromatic carbocycles. The normalized spacial score (nSPS) is 15.0. The number of anilines is 1. The zero-order valence-corrected chi connectivity index (χ0v) is 14.1. The number of nitrogens with zero attached hydrogens (tertiary/aromatic N) is 1. The fraction of sp³-hybridized carbons (Fsp3) is 0.500. The van der Waals surface area contributed by atoms with Crippen LogP contribution in [0.15, 0.2) is 24.3 Å². The summed E-state index contributed by atoms with van der Waals surface area (Å²) >= 11 is 0. The lowest BCUT2D eigenvalue weighted by molar-refractivity contribution is -0.123.